The van der Waals surface area contributed by atoms with Crippen molar-refractivity contribution in [3.63, 3.8) is 0 Å². The Kier molecular flexibility index (Phi) is 2.67. The summed E-state index contributed by atoms with van der Waals surface area (Å²) in [5.74, 6) is -0.625. The van der Waals surface area contributed by atoms with Crippen LogP contribution < -0.4 is 5.56 Å². The Balaban J connectivity index is 2.36. The summed E-state index contributed by atoms with van der Waals surface area (Å²) in [6.07, 6.45) is 1.51. The lowest BCUT2D eigenvalue weighted by Crippen LogP contribution is -2.23. The molecule has 7 nitrogen and oxygen atoms in total. The number of nitrogens with zero attached hydrogens (tertiary/aromatic N) is 3. The molecule has 3 heterocycles. The third kappa shape index (κ3) is 1.71. The average Bonchev–Trinajstić information content (AvgIpc) is 3.07. The second kappa shape index (κ2) is 4.37. The molecule has 0 aromatic carbocycles. The van der Waals surface area contributed by atoms with Gasteiger partial charge in [0.1, 0.15) is 17.0 Å². The molecule has 7 heteroatoms. The number of hydrogen-bond donors (Lipinski definition) is 1. The van der Waals surface area contributed by atoms with Crippen LogP contribution in [0.5, 0.6) is 0 Å². The highest BCUT2D eigenvalue weighted by Gasteiger charge is 2.16. The van der Waals surface area contributed by atoms with Gasteiger partial charge in [0.25, 0.3) is 5.56 Å². The van der Waals surface area contributed by atoms with Crippen LogP contribution in [0, 0.1) is 0 Å². The fourth-order valence-corrected chi connectivity index (χ4v) is 2.16. The van der Waals surface area contributed by atoms with Gasteiger partial charge in [-0.1, -0.05) is 0 Å². The van der Waals surface area contributed by atoms with Gasteiger partial charge in [-0.3, -0.25) is 4.79 Å². The lowest BCUT2D eigenvalue weighted by Gasteiger charge is -2.08. The Labute approximate surface area is 112 Å². The van der Waals surface area contributed by atoms with Crippen LogP contribution >= 0.6 is 0 Å². The van der Waals surface area contributed by atoms with Crippen molar-refractivity contribution < 1.29 is 14.3 Å². The fourth-order valence-electron chi connectivity index (χ4n) is 2.16. The van der Waals surface area contributed by atoms with Gasteiger partial charge in [0.2, 0.25) is 0 Å². The molecule has 0 unspecified atom stereocenters. The zero-order valence-corrected chi connectivity index (χ0v) is 10.6. The van der Waals surface area contributed by atoms with Crippen molar-refractivity contribution in [1.82, 2.24) is 14.2 Å². The number of fused-ring (bicyclic) bond motifs is 1. The standard InChI is InChI=1S/C13H11N3O4/c1-2-15-9(13(18)19)7-12(17)16-11(15)6-8(14-16)10-4-3-5-20-10/h3-7H,2H2,1H3,(H,18,19). The van der Waals surface area contributed by atoms with E-state index >= 15 is 0 Å². The minimum Gasteiger partial charge on any atom is -0.477 e. The van der Waals surface area contributed by atoms with Gasteiger partial charge in [-0.05, 0) is 19.1 Å². The Bertz CT molecular complexity index is 842. The first-order chi connectivity index (χ1) is 9.61. The highest BCUT2D eigenvalue weighted by molar-refractivity contribution is 5.86. The van der Waals surface area contributed by atoms with E-state index in [1.807, 2.05) is 0 Å². The van der Waals surface area contributed by atoms with Crippen molar-refractivity contribution in [3.8, 4) is 11.5 Å². The van der Waals surface area contributed by atoms with Gasteiger partial charge >= 0.3 is 5.97 Å². The van der Waals surface area contributed by atoms with Crippen molar-refractivity contribution in [2.75, 3.05) is 0 Å². The van der Waals surface area contributed by atoms with Gasteiger partial charge in [-0.2, -0.15) is 9.61 Å². The molecular weight excluding hydrogens is 262 g/mol. The smallest absolute Gasteiger partial charge is 0.352 e. The van der Waals surface area contributed by atoms with E-state index in [2.05, 4.69) is 5.10 Å². The van der Waals surface area contributed by atoms with E-state index in [-0.39, 0.29) is 5.69 Å². The zero-order chi connectivity index (χ0) is 14.3. The summed E-state index contributed by atoms with van der Waals surface area (Å²) in [4.78, 5) is 23.2. The number of carboxylic acids is 1. The van der Waals surface area contributed by atoms with Gasteiger partial charge in [0.15, 0.2) is 5.76 Å². The second-order valence-corrected chi connectivity index (χ2v) is 4.19. The monoisotopic (exact) mass is 273 g/mol. The van der Waals surface area contributed by atoms with Crippen LogP contribution in [0.25, 0.3) is 17.1 Å². The Morgan fingerprint density at radius 3 is 2.85 bits per heavy atom. The Morgan fingerprint density at radius 1 is 1.45 bits per heavy atom. The van der Waals surface area contributed by atoms with E-state index in [0.29, 0.717) is 23.6 Å². The first-order valence-electron chi connectivity index (χ1n) is 6.02. The number of furan rings is 1. The highest BCUT2D eigenvalue weighted by Crippen LogP contribution is 2.20. The molecule has 0 saturated carbocycles. The molecule has 0 fully saturated rings. The first-order valence-corrected chi connectivity index (χ1v) is 6.02. The van der Waals surface area contributed by atoms with Gasteiger partial charge in [0, 0.05) is 18.7 Å². The second-order valence-electron chi connectivity index (χ2n) is 4.19. The first kappa shape index (κ1) is 12.2. The maximum Gasteiger partial charge on any atom is 0.352 e. The molecular formula is C13H11N3O4. The molecule has 102 valence electrons. The molecule has 0 aliphatic carbocycles. The largest absolute Gasteiger partial charge is 0.477 e. The maximum absolute atomic E-state index is 11.9. The number of aromatic carboxylic acids is 1. The van der Waals surface area contributed by atoms with Crippen molar-refractivity contribution in [3.05, 3.63) is 46.6 Å². The molecule has 0 amide bonds. The predicted octanol–water partition coefficient (Wildman–Crippen LogP) is 1.47. The number of hydrogen-bond acceptors (Lipinski definition) is 4. The summed E-state index contributed by atoms with van der Waals surface area (Å²) in [6.45, 7) is 2.21. The molecule has 0 atom stereocenters. The molecule has 20 heavy (non-hydrogen) atoms. The molecule has 0 spiro atoms. The third-order valence-corrected chi connectivity index (χ3v) is 3.04. The zero-order valence-electron chi connectivity index (χ0n) is 10.6. The van der Waals surface area contributed by atoms with Crippen molar-refractivity contribution in [2.45, 2.75) is 13.5 Å². The van der Waals surface area contributed by atoms with E-state index in [1.54, 1.807) is 25.1 Å². The van der Waals surface area contributed by atoms with Crippen LogP contribution in [0.4, 0.5) is 0 Å². The van der Waals surface area contributed by atoms with E-state index in [0.717, 1.165) is 6.07 Å². The summed E-state index contributed by atoms with van der Waals surface area (Å²) < 4.78 is 7.93. The minimum absolute atomic E-state index is 0.0594. The number of carboxylic acid groups (broad SMARTS) is 1. The van der Waals surface area contributed by atoms with Crippen molar-refractivity contribution in [1.29, 1.82) is 0 Å². The van der Waals surface area contributed by atoms with E-state index < -0.39 is 11.5 Å². The van der Waals surface area contributed by atoms with Crippen LogP contribution in [-0.2, 0) is 6.54 Å². The lowest BCUT2D eigenvalue weighted by molar-refractivity contribution is 0.0684. The van der Waals surface area contributed by atoms with Crippen molar-refractivity contribution >= 4 is 11.6 Å². The summed E-state index contributed by atoms with van der Waals surface area (Å²) in [5.41, 5.74) is 0.358. The maximum atomic E-state index is 11.9. The highest BCUT2D eigenvalue weighted by atomic mass is 16.4. The lowest BCUT2D eigenvalue weighted by atomic mass is 10.3. The van der Waals surface area contributed by atoms with Crippen LogP contribution in [0.3, 0.4) is 0 Å². The van der Waals surface area contributed by atoms with E-state index in [4.69, 9.17) is 9.52 Å². The number of aromatic nitrogens is 3. The van der Waals surface area contributed by atoms with Crippen LogP contribution in [0.2, 0.25) is 0 Å². The average molecular weight is 273 g/mol. The van der Waals surface area contributed by atoms with Crippen molar-refractivity contribution in [2.24, 2.45) is 0 Å². The molecule has 0 aliphatic heterocycles. The quantitative estimate of drug-likeness (QED) is 0.780. The molecule has 3 rings (SSSR count). The van der Waals surface area contributed by atoms with Gasteiger partial charge in [-0.25, -0.2) is 4.79 Å². The molecule has 0 aliphatic rings. The van der Waals surface area contributed by atoms with Crippen LogP contribution in [-0.4, -0.2) is 25.3 Å². The molecule has 3 aromatic heterocycles. The van der Waals surface area contributed by atoms with Gasteiger partial charge in [0.05, 0.1) is 6.26 Å². The number of rotatable bonds is 3. The third-order valence-electron chi connectivity index (χ3n) is 3.04. The topological polar surface area (TPSA) is 89.7 Å². The molecule has 0 radical (unpaired) electrons. The molecule has 0 bridgehead atoms. The number of aryl methyl sites for hydroxylation is 1. The SMILES string of the molecule is CCn1c(C(=O)O)cc(=O)n2nc(-c3ccco3)cc12. The predicted molar refractivity (Wildman–Crippen MR) is 69.8 cm³/mol. The molecule has 0 saturated heterocycles. The molecule has 3 aromatic rings. The number of carbonyl (C=O) groups is 1. The van der Waals surface area contributed by atoms with E-state index in [1.165, 1.54) is 15.3 Å². The minimum atomic E-state index is -1.15. The summed E-state index contributed by atoms with van der Waals surface area (Å²) >= 11 is 0. The Hall–Kier alpha value is -2.83. The van der Waals surface area contributed by atoms with Gasteiger partial charge < -0.3 is 14.1 Å². The molecule has 1 N–H and O–H groups in total. The summed E-state index contributed by atoms with van der Waals surface area (Å²) in [6, 6.07) is 6.14. The van der Waals surface area contributed by atoms with Gasteiger partial charge in [-0.15, -0.1) is 0 Å². The Morgan fingerprint density at radius 2 is 2.25 bits per heavy atom. The normalized spacial score (nSPS) is 11.1. The summed E-state index contributed by atoms with van der Waals surface area (Å²) in [5, 5.41) is 13.3. The summed E-state index contributed by atoms with van der Waals surface area (Å²) in [7, 11) is 0. The fraction of sp³-hybridized carbons (Fsp3) is 0.154. The van der Waals surface area contributed by atoms with Crippen LogP contribution in [0.15, 0.2) is 39.7 Å². The van der Waals surface area contributed by atoms with E-state index in [9.17, 15) is 9.59 Å². The van der Waals surface area contributed by atoms with Crippen LogP contribution in [0.1, 0.15) is 17.4 Å².